The summed E-state index contributed by atoms with van der Waals surface area (Å²) < 4.78 is 8.46. The fourth-order valence-electron chi connectivity index (χ4n) is 2.42. The van der Waals surface area contributed by atoms with E-state index in [2.05, 4.69) is 4.98 Å². The monoisotopic (exact) mass is 292 g/mol. The largest absolute Gasteiger partial charge is 0.454 e. The molecule has 0 radical (unpaired) electrons. The third-order valence-corrected chi connectivity index (χ3v) is 3.74. The second-order valence-electron chi connectivity index (χ2n) is 4.83. The van der Waals surface area contributed by atoms with E-state index in [9.17, 15) is 0 Å². The fourth-order valence-corrected chi connectivity index (χ4v) is 2.68. The first-order valence-corrected chi connectivity index (χ1v) is 7.08. The number of nitrogens with zero attached hydrogens (tertiary/aromatic N) is 1. The molecule has 0 atom stereocenters. The zero-order valence-electron chi connectivity index (χ0n) is 11.1. The highest BCUT2D eigenvalue weighted by atomic mass is 32.1. The van der Waals surface area contributed by atoms with Crippen LogP contribution in [0.25, 0.3) is 28.1 Å². The second-order valence-corrected chi connectivity index (χ2v) is 5.21. The van der Waals surface area contributed by atoms with Crippen molar-refractivity contribution in [3.8, 4) is 17.1 Å². The number of aromatic nitrogens is 2. The maximum atomic E-state index is 5.87. The summed E-state index contributed by atoms with van der Waals surface area (Å²) in [5, 5.41) is 1.08. The molecule has 4 heteroatoms. The van der Waals surface area contributed by atoms with Crippen molar-refractivity contribution in [2.45, 2.75) is 0 Å². The van der Waals surface area contributed by atoms with Crippen LogP contribution in [0.5, 0.6) is 0 Å². The Labute approximate surface area is 126 Å². The minimum atomic E-state index is 0.650. The van der Waals surface area contributed by atoms with E-state index in [-0.39, 0.29) is 0 Å². The highest BCUT2D eigenvalue weighted by Crippen LogP contribution is 2.27. The summed E-state index contributed by atoms with van der Waals surface area (Å²) in [6.45, 7) is 0. The Morgan fingerprint density at radius 3 is 2.52 bits per heavy atom. The van der Waals surface area contributed by atoms with E-state index < -0.39 is 0 Å². The van der Waals surface area contributed by atoms with E-state index in [1.807, 2.05) is 71.4 Å². The molecule has 2 aromatic carbocycles. The summed E-state index contributed by atoms with van der Waals surface area (Å²) in [7, 11) is 0. The number of H-pyrrole nitrogens is 1. The molecule has 21 heavy (non-hydrogen) atoms. The Bertz CT molecular complexity index is 930. The molecule has 0 aliphatic heterocycles. The number of furan rings is 1. The van der Waals surface area contributed by atoms with Crippen LogP contribution in [0.4, 0.5) is 0 Å². The summed E-state index contributed by atoms with van der Waals surface area (Å²) in [5.41, 5.74) is 2.78. The van der Waals surface area contributed by atoms with Crippen molar-refractivity contribution in [3.05, 3.63) is 71.6 Å². The molecule has 0 saturated carbocycles. The van der Waals surface area contributed by atoms with E-state index in [0.717, 1.165) is 28.1 Å². The zero-order chi connectivity index (χ0) is 14.2. The molecule has 4 aromatic rings. The molecule has 0 aliphatic carbocycles. The first-order valence-electron chi connectivity index (χ1n) is 6.67. The van der Waals surface area contributed by atoms with Crippen molar-refractivity contribution in [3.63, 3.8) is 0 Å². The van der Waals surface area contributed by atoms with Gasteiger partial charge in [0.25, 0.3) is 0 Å². The van der Waals surface area contributed by atoms with Gasteiger partial charge in [0.1, 0.15) is 11.3 Å². The highest BCUT2D eigenvalue weighted by molar-refractivity contribution is 7.71. The number of fused-ring (bicyclic) bond motifs is 1. The third kappa shape index (κ3) is 2.10. The van der Waals surface area contributed by atoms with Crippen LogP contribution in [0.2, 0.25) is 0 Å². The van der Waals surface area contributed by atoms with Crippen molar-refractivity contribution in [2.75, 3.05) is 0 Å². The van der Waals surface area contributed by atoms with Gasteiger partial charge in [-0.25, -0.2) is 0 Å². The average molecular weight is 292 g/mol. The number of hydrogen-bond acceptors (Lipinski definition) is 2. The van der Waals surface area contributed by atoms with Gasteiger partial charge in [0.05, 0.1) is 0 Å². The van der Waals surface area contributed by atoms with Gasteiger partial charge >= 0.3 is 0 Å². The number of nitrogens with one attached hydrogen (secondary N) is 1. The molecule has 0 spiro atoms. The Kier molecular flexibility index (Phi) is 2.75. The lowest BCUT2D eigenvalue weighted by atomic mass is 10.2. The summed E-state index contributed by atoms with van der Waals surface area (Å²) in [6.07, 6.45) is 1.97. The van der Waals surface area contributed by atoms with Crippen molar-refractivity contribution >= 4 is 23.2 Å². The van der Waals surface area contributed by atoms with Gasteiger partial charge in [-0.1, -0.05) is 36.4 Å². The third-order valence-electron chi connectivity index (χ3n) is 3.44. The lowest BCUT2D eigenvalue weighted by molar-refractivity contribution is 0.629. The van der Waals surface area contributed by atoms with Crippen LogP contribution in [0.15, 0.2) is 71.3 Å². The molecular weight excluding hydrogens is 280 g/mol. The van der Waals surface area contributed by atoms with Gasteiger partial charge < -0.3 is 9.40 Å². The van der Waals surface area contributed by atoms with Crippen molar-refractivity contribution in [1.82, 2.24) is 9.55 Å². The second kappa shape index (κ2) is 4.75. The number of hydrogen-bond donors (Lipinski definition) is 1. The van der Waals surface area contributed by atoms with Gasteiger partial charge in [0, 0.05) is 17.3 Å². The van der Waals surface area contributed by atoms with Gasteiger partial charge in [-0.05, 0) is 36.5 Å². The molecule has 0 fully saturated rings. The maximum absolute atomic E-state index is 5.87. The molecule has 0 aliphatic rings. The number of para-hydroxylation sites is 2. The Morgan fingerprint density at radius 2 is 1.71 bits per heavy atom. The van der Waals surface area contributed by atoms with Gasteiger partial charge in [-0.3, -0.25) is 4.57 Å². The van der Waals surface area contributed by atoms with Crippen molar-refractivity contribution in [1.29, 1.82) is 0 Å². The number of benzene rings is 2. The van der Waals surface area contributed by atoms with Crippen LogP contribution in [-0.4, -0.2) is 9.55 Å². The summed E-state index contributed by atoms with van der Waals surface area (Å²) in [6, 6.07) is 20.0. The Hall–Kier alpha value is -2.59. The van der Waals surface area contributed by atoms with Crippen LogP contribution in [0.3, 0.4) is 0 Å². The number of imidazole rings is 1. The SMILES string of the molecule is S=c1[nH]c(-c2cc3ccccc3o2)cn1-c1ccccc1. The van der Waals surface area contributed by atoms with Crippen LogP contribution >= 0.6 is 12.2 Å². The number of aromatic amines is 1. The van der Waals surface area contributed by atoms with Gasteiger partial charge in [0.2, 0.25) is 0 Å². The predicted molar refractivity (Wildman–Crippen MR) is 86.2 cm³/mol. The molecular formula is C17H12N2OS. The normalized spacial score (nSPS) is 11.0. The van der Waals surface area contributed by atoms with Crippen LogP contribution in [0.1, 0.15) is 0 Å². The molecule has 3 nitrogen and oxygen atoms in total. The molecule has 4 rings (SSSR count). The van der Waals surface area contributed by atoms with Crippen LogP contribution < -0.4 is 0 Å². The zero-order valence-corrected chi connectivity index (χ0v) is 11.9. The average Bonchev–Trinajstić information content (AvgIpc) is 3.11. The standard InChI is InChI=1S/C17H12N2OS/c21-17-18-14(11-19(17)13-7-2-1-3-8-13)16-10-12-6-4-5-9-15(12)20-16/h1-11H,(H,18,21). The Morgan fingerprint density at radius 1 is 0.952 bits per heavy atom. The minimum Gasteiger partial charge on any atom is -0.454 e. The summed E-state index contributed by atoms with van der Waals surface area (Å²) >= 11 is 5.40. The van der Waals surface area contributed by atoms with Gasteiger partial charge in [-0.15, -0.1) is 0 Å². The quantitative estimate of drug-likeness (QED) is 0.530. The van der Waals surface area contributed by atoms with Crippen molar-refractivity contribution in [2.24, 2.45) is 0 Å². The topological polar surface area (TPSA) is 33.9 Å². The molecule has 2 aromatic heterocycles. The number of rotatable bonds is 2. The van der Waals surface area contributed by atoms with Crippen LogP contribution in [0, 0.1) is 4.77 Å². The fraction of sp³-hybridized carbons (Fsp3) is 0. The highest BCUT2D eigenvalue weighted by Gasteiger charge is 2.09. The lowest BCUT2D eigenvalue weighted by Crippen LogP contribution is -1.90. The van der Waals surface area contributed by atoms with Crippen molar-refractivity contribution < 1.29 is 4.42 Å². The van der Waals surface area contributed by atoms with E-state index in [1.165, 1.54) is 0 Å². The first-order chi connectivity index (χ1) is 10.3. The first kappa shape index (κ1) is 12.2. The molecule has 1 N–H and O–H groups in total. The molecule has 2 heterocycles. The molecule has 0 bridgehead atoms. The van der Waals surface area contributed by atoms with E-state index >= 15 is 0 Å². The molecule has 0 unspecified atom stereocenters. The van der Waals surface area contributed by atoms with Crippen LogP contribution in [-0.2, 0) is 0 Å². The molecule has 0 amide bonds. The molecule has 102 valence electrons. The van der Waals surface area contributed by atoms with E-state index in [1.54, 1.807) is 0 Å². The Balaban J connectivity index is 1.85. The van der Waals surface area contributed by atoms with Gasteiger partial charge in [0.15, 0.2) is 10.5 Å². The smallest absolute Gasteiger partial charge is 0.182 e. The summed E-state index contributed by atoms with van der Waals surface area (Å²) in [5.74, 6) is 0.789. The summed E-state index contributed by atoms with van der Waals surface area (Å²) in [4.78, 5) is 3.20. The van der Waals surface area contributed by atoms with Gasteiger partial charge in [-0.2, -0.15) is 0 Å². The minimum absolute atomic E-state index is 0.650. The van der Waals surface area contributed by atoms with E-state index in [0.29, 0.717) is 4.77 Å². The predicted octanol–water partition coefficient (Wildman–Crippen LogP) is 4.95. The lowest BCUT2D eigenvalue weighted by Gasteiger charge is -1.99. The molecule has 0 saturated heterocycles. The maximum Gasteiger partial charge on any atom is 0.182 e. The van der Waals surface area contributed by atoms with E-state index in [4.69, 9.17) is 16.6 Å².